The van der Waals surface area contributed by atoms with Crippen molar-refractivity contribution in [3.63, 3.8) is 0 Å². The third-order valence-corrected chi connectivity index (χ3v) is 5.42. The van der Waals surface area contributed by atoms with Gasteiger partial charge in [-0.2, -0.15) is 0 Å². The van der Waals surface area contributed by atoms with E-state index in [1.165, 1.54) is 0 Å². The lowest BCUT2D eigenvalue weighted by Crippen LogP contribution is -2.48. The van der Waals surface area contributed by atoms with E-state index < -0.39 is 17.8 Å². The van der Waals surface area contributed by atoms with Gasteiger partial charge in [-0.3, -0.25) is 9.59 Å². The molecule has 0 heterocycles. The third-order valence-electron chi connectivity index (χ3n) is 5.42. The zero-order chi connectivity index (χ0) is 15.0. The first kappa shape index (κ1) is 14.6. The molecule has 2 saturated carbocycles. The molecule has 1 amide bonds. The number of aliphatic hydroxyl groups excluding tert-OH is 1. The summed E-state index contributed by atoms with van der Waals surface area (Å²) < 4.78 is 0. The highest BCUT2D eigenvalue weighted by Gasteiger charge is 2.53. The minimum absolute atomic E-state index is 0.000930. The summed E-state index contributed by atoms with van der Waals surface area (Å²) in [5.74, 6) is -1.88. The van der Waals surface area contributed by atoms with E-state index in [4.69, 9.17) is 0 Å². The summed E-state index contributed by atoms with van der Waals surface area (Å²) in [6.07, 6.45) is 8.92. The van der Waals surface area contributed by atoms with Gasteiger partial charge in [-0.15, -0.1) is 0 Å². The van der Waals surface area contributed by atoms with Crippen molar-refractivity contribution in [2.75, 3.05) is 13.2 Å². The Morgan fingerprint density at radius 3 is 2.29 bits per heavy atom. The number of fused-ring (bicyclic) bond motifs is 2. The molecule has 0 radical (unpaired) electrons. The minimum Gasteiger partial charge on any atom is -0.481 e. The van der Waals surface area contributed by atoms with Gasteiger partial charge in [0.05, 0.1) is 18.4 Å². The minimum atomic E-state index is -0.861. The van der Waals surface area contributed by atoms with Crippen LogP contribution in [0.3, 0.4) is 0 Å². The number of hydrogen-bond donors (Lipinski definition) is 2. The number of nitrogens with zero attached hydrogens (tertiary/aromatic N) is 1. The lowest BCUT2D eigenvalue weighted by Gasteiger charge is -2.34. The van der Waals surface area contributed by atoms with Crippen molar-refractivity contribution >= 4 is 11.9 Å². The molecule has 2 bridgehead atoms. The zero-order valence-electron chi connectivity index (χ0n) is 12.1. The second-order valence-electron chi connectivity index (χ2n) is 6.53. The summed E-state index contributed by atoms with van der Waals surface area (Å²) in [6.45, 7) is 0.268. The van der Waals surface area contributed by atoms with Gasteiger partial charge < -0.3 is 15.1 Å². The Labute approximate surface area is 124 Å². The van der Waals surface area contributed by atoms with E-state index in [2.05, 4.69) is 0 Å². The molecule has 21 heavy (non-hydrogen) atoms. The van der Waals surface area contributed by atoms with Gasteiger partial charge in [0.1, 0.15) is 0 Å². The summed E-state index contributed by atoms with van der Waals surface area (Å²) in [4.78, 5) is 26.3. The third kappa shape index (κ3) is 2.48. The van der Waals surface area contributed by atoms with Crippen LogP contribution < -0.4 is 0 Å². The molecule has 3 rings (SSSR count). The Morgan fingerprint density at radius 1 is 1.10 bits per heavy atom. The second kappa shape index (κ2) is 5.79. The molecule has 0 spiro atoms. The molecule has 2 unspecified atom stereocenters. The van der Waals surface area contributed by atoms with Gasteiger partial charge >= 0.3 is 5.97 Å². The maximum absolute atomic E-state index is 12.9. The molecule has 0 aromatic heterocycles. The second-order valence-corrected chi connectivity index (χ2v) is 6.53. The molecule has 116 valence electrons. The molecule has 0 aromatic carbocycles. The van der Waals surface area contributed by atoms with Crippen LogP contribution in [-0.4, -0.2) is 46.2 Å². The fourth-order valence-corrected chi connectivity index (χ4v) is 4.48. The highest BCUT2D eigenvalue weighted by Crippen LogP contribution is 2.49. The van der Waals surface area contributed by atoms with E-state index in [0.29, 0.717) is 6.54 Å². The van der Waals surface area contributed by atoms with Gasteiger partial charge in [0.25, 0.3) is 0 Å². The van der Waals surface area contributed by atoms with Crippen molar-refractivity contribution in [2.24, 2.45) is 23.7 Å². The number of rotatable bonds is 5. The number of carbonyl (C=O) groups is 2. The molecule has 2 fully saturated rings. The SMILES string of the molecule is O=C(O)[C@@H]1C2C=CC(C2)[C@@H]1C(=O)N(CCO)C1CCCC1. The molecule has 5 heteroatoms. The molecular formula is C16H23NO4. The summed E-state index contributed by atoms with van der Waals surface area (Å²) in [6, 6.07) is 0.183. The van der Waals surface area contributed by atoms with Crippen molar-refractivity contribution in [2.45, 2.75) is 38.1 Å². The molecule has 5 nitrogen and oxygen atoms in total. The van der Waals surface area contributed by atoms with Crippen LogP contribution in [0, 0.1) is 23.7 Å². The van der Waals surface area contributed by atoms with E-state index in [0.717, 1.165) is 32.1 Å². The van der Waals surface area contributed by atoms with Gasteiger partial charge in [-0.25, -0.2) is 0 Å². The van der Waals surface area contributed by atoms with Crippen LogP contribution in [0.15, 0.2) is 12.2 Å². The number of carbonyl (C=O) groups excluding carboxylic acids is 1. The average Bonchev–Trinajstić information content (AvgIpc) is 3.18. The lowest BCUT2D eigenvalue weighted by molar-refractivity contribution is -0.152. The first-order chi connectivity index (χ1) is 10.1. The monoisotopic (exact) mass is 293 g/mol. The van der Waals surface area contributed by atoms with E-state index >= 15 is 0 Å². The molecule has 4 atom stereocenters. The maximum atomic E-state index is 12.9. The number of carboxylic acid groups (broad SMARTS) is 1. The standard InChI is InChI=1S/C16H23NO4/c18-8-7-17(12-3-1-2-4-12)15(19)13-10-5-6-11(9-10)14(13)16(20)21/h5-6,10-14,18H,1-4,7-9H2,(H,20,21)/t10?,11?,13-,14+/m0/s1. The average molecular weight is 293 g/mol. The van der Waals surface area contributed by atoms with Gasteiger partial charge in [0.15, 0.2) is 0 Å². The predicted molar refractivity (Wildman–Crippen MR) is 76.4 cm³/mol. The Balaban J connectivity index is 1.81. The van der Waals surface area contributed by atoms with Crippen LogP contribution in [0.2, 0.25) is 0 Å². The Bertz CT molecular complexity index is 455. The van der Waals surface area contributed by atoms with E-state index in [1.807, 2.05) is 12.2 Å². The zero-order valence-corrected chi connectivity index (χ0v) is 12.1. The van der Waals surface area contributed by atoms with E-state index in [9.17, 15) is 19.8 Å². The summed E-state index contributed by atoms with van der Waals surface area (Å²) in [5, 5.41) is 18.7. The van der Waals surface area contributed by atoms with E-state index in [-0.39, 0.29) is 30.4 Å². The van der Waals surface area contributed by atoms with Crippen molar-refractivity contribution in [3.05, 3.63) is 12.2 Å². The molecule has 2 N–H and O–H groups in total. The number of allylic oxidation sites excluding steroid dienone is 2. The van der Waals surface area contributed by atoms with Crippen molar-refractivity contribution in [1.29, 1.82) is 0 Å². The number of carboxylic acids is 1. The quantitative estimate of drug-likeness (QED) is 0.748. The van der Waals surface area contributed by atoms with Crippen LogP contribution in [0.1, 0.15) is 32.1 Å². The molecular weight excluding hydrogens is 270 g/mol. The fraction of sp³-hybridized carbons (Fsp3) is 0.750. The highest BCUT2D eigenvalue weighted by molar-refractivity contribution is 5.87. The lowest BCUT2D eigenvalue weighted by atomic mass is 9.81. The first-order valence-electron chi connectivity index (χ1n) is 7.96. The Kier molecular flexibility index (Phi) is 4.02. The maximum Gasteiger partial charge on any atom is 0.307 e. The van der Waals surface area contributed by atoms with Crippen LogP contribution >= 0.6 is 0 Å². The summed E-state index contributed by atoms with van der Waals surface area (Å²) in [7, 11) is 0. The summed E-state index contributed by atoms with van der Waals surface area (Å²) >= 11 is 0. The largest absolute Gasteiger partial charge is 0.481 e. The van der Waals surface area contributed by atoms with Crippen molar-refractivity contribution < 1.29 is 19.8 Å². The number of hydrogen-bond acceptors (Lipinski definition) is 3. The van der Waals surface area contributed by atoms with Crippen molar-refractivity contribution in [3.8, 4) is 0 Å². The molecule has 0 aliphatic heterocycles. The molecule has 3 aliphatic rings. The van der Waals surface area contributed by atoms with Crippen molar-refractivity contribution in [1.82, 2.24) is 4.90 Å². The fourth-order valence-electron chi connectivity index (χ4n) is 4.48. The molecule has 0 aromatic rings. The number of aliphatic hydroxyl groups is 1. The highest BCUT2D eigenvalue weighted by atomic mass is 16.4. The van der Waals surface area contributed by atoms with Gasteiger partial charge in [0.2, 0.25) is 5.91 Å². The predicted octanol–water partition coefficient (Wildman–Crippen LogP) is 1.27. The normalized spacial score (nSPS) is 34.5. The van der Waals surface area contributed by atoms with Gasteiger partial charge in [-0.05, 0) is 31.1 Å². The van der Waals surface area contributed by atoms with Gasteiger partial charge in [-0.1, -0.05) is 25.0 Å². The molecule has 0 saturated heterocycles. The Hall–Kier alpha value is -1.36. The first-order valence-corrected chi connectivity index (χ1v) is 7.96. The Morgan fingerprint density at radius 2 is 1.71 bits per heavy atom. The number of amides is 1. The van der Waals surface area contributed by atoms with Crippen LogP contribution in [0.5, 0.6) is 0 Å². The smallest absolute Gasteiger partial charge is 0.307 e. The summed E-state index contributed by atoms with van der Waals surface area (Å²) in [5.41, 5.74) is 0. The number of aliphatic carboxylic acids is 1. The van der Waals surface area contributed by atoms with E-state index in [1.54, 1.807) is 4.90 Å². The van der Waals surface area contributed by atoms with Crippen LogP contribution in [0.4, 0.5) is 0 Å². The molecule has 3 aliphatic carbocycles. The topological polar surface area (TPSA) is 77.8 Å². The van der Waals surface area contributed by atoms with Crippen LogP contribution in [-0.2, 0) is 9.59 Å². The van der Waals surface area contributed by atoms with Gasteiger partial charge in [0, 0.05) is 12.6 Å². The van der Waals surface area contributed by atoms with Crippen LogP contribution in [0.25, 0.3) is 0 Å².